The molecule has 102 valence electrons. The Morgan fingerprint density at radius 3 is 2.50 bits per heavy atom. The fourth-order valence-electron chi connectivity index (χ4n) is 2.81. The molecule has 1 heterocycles. The number of ether oxygens (including phenoxy) is 3. The normalized spacial score (nSPS) is 39.7. The van der Waals surface area contributed by atoms with Crippen LogP contribution >= 0.6 is 0 Å². The van der Waals surface area contributed by atoms with Gasteiger partial charge in [0.05, 0.1) is 18.6 Å². The van der Waals surface area contributed by atoms with Gasteiger partial charge in [0.25, 0.3) is 0 Å². The van der Waals surface area contributed by atoms with Crippen LogP contribution in [-0.2, 0) is 23.8 Å². The van der Waals surface area contributed by atoms with Gasteiger partial charge in [-0.15, -0.1) is 0 Å². The van der Waals surface area contributed by atoms with E-state index in [9.17, 15) is 14.7 Å². The van der Waals surface area contributed by atoms with Crippen LogP contribution in [0.2, 0.25) is 0 Å². The van der Waals surface area contributed by atoms with Crippen molar-refractivity contribution < 1.29 is 28.9 Å². The first-order valence-corrected chi connectivity index (χ1v) is 6.03. The van der Waals surface area contributed by atoms with Crippen LogP contribution in [0.5, 0.6) is 0 Å². The fraction of sp³-hybridized carbons (Fsp3) is 0.833. The van der Waals surface area contributed by atoms with Crippen LogP contribution in [0.3, 0.4) is 0 Å². The summed E-state index contributed by atoms with van der Waals surface area (Å²) in [5, 5.41) is 9.51. The number of cyclic esters (lactones) is 1. The number of aliphatic hydroxyl groups excluding tert-OH is 1. The van der Waals surface area contributed by atoms with Gasteiger partial charge in [-0.25, -0.2) is 4.79 Å². The molecular formula is C12H18O6. The average Bonchev–Trinajstić information content (AvgIpc) is 2.67. The molecular weight excluding hydrogens is 240 g/mol. The highest BCUT2D eigenvalue weighted by molar-refractivity contribution is 5.88. The molecule has 0 radical (unpaired) electrons. The summed E-state index contributed by atoms with van der Waals surface area (Å²) >= 11 is 0. The van der Waals surface area contributed by atoms with Crippen molar-refractivity contribution in [2.24, 2.45) is 5.41 Å². The Kier molecular flexibility index (Phi) is 3.33. The Balaban J connectivity index is 2.22. The summed E-state index contributed by atoms with van der Waals surface area (Å²) in [7, 11) is 2.55. The Morgan fingerprint density at radius 2 is 2.00 bits per heavy atom. The van der Waals surface area contributed by atoms with E-state index < -0.39 is 23.1 Å². The summed E-state index contributed by atoms with van der Waals surface area (Å²) < 4.78 is 14.9. The molecule has 1 saturated heterocycles. The third-order valence-corrected chi connectivity index (χ3v) is 4.00. The van der Waals surface area contributed by atoms with Gasteiger partial charge in [-0.1, -0.05) is 0 Å². The zero-order chi connectivity index (χ0) is 13.4. The number of methoxy groups -OCH3 is 2. The Labute approximate surface area is 105 Å². The van der Waals surface area contributed by atoms with E-state index in [1.807, 2.05) is 0 Å². The Hall–Kier alpha value is -1.14. The lowest BCUT2D eigenvalue weighted by atomic mass is 9.71. The van der Waals surface area contributed by atoms with Gasteiger partial charge in [0.1, 0.15) is 0 Å². The summed E-state index contributed by atoms with van der Waals surface area (Å²) in [6.07, 6.45) is 1.88. The topological polar surface area (TPSA) is 82.1 Å². The lowest BCUT2D eigenvalue weighted by Gasteiger charge is -2.32. The van der Waals surface area contributed by atoms with Crippen molar-refractivity contribution in [2.45, 2.75) is 44.0 Å². The minimum Gasteiger partial charge on any atom is -0.464 e. The van der Waals surface area contributed by atoms with Crippen LogP contribution < -0.4 is 0 Å². The molecule has 1 spiro atoms. The summed E-state index contributed by atoms with van der Waals surface area (Å²) in [6.45, 7) is 0. The van der Waals surface area contributed by atoms with Crippen LogP contribution in [0.15, 0.2) is 0 Å². The van der Waals surface area contributed by atoms with E-state index in [4.69, 9.17) is 9.47 Å². The fourth-order valence-corrected chi connectivity index (χ4v) is 2.81. The minimum atomic E-state index is -1.62. The molecule has 1 unspecified atom stereocenters. The molecule has 1 saturated carbocycles. The molecule has 6 nitrogen and oxygen atoms in total. The lowest BCUT2D eigenvalue weighted by molar-refractivity contribution is -0.220. The van der Waals surface area contributed by atoms with Crippen LogP contribution in [0.1, 0.15) is 32.1 Å². The van der Waals surface area contributed by atoms with Gasteiger partial charge in [0, 0.05) is 13.5 Å². The highest BCUT2D eigenvalue weighted by atomic mass is 16.7. The van der Waals surface area contributed by atoms with E-state index >= 15 is 0 Å². The van der Waals surface area contributed by atoms with Crippen molar-refractivity contribution in [3.8, 4) is 0 Å². The van der Waals surface area contributed by atoms with Crippen molar-refractivity contribution >= 4 is 11.9 Å². The molecule has 6 heteroatoms. The van der Waals surface area contributed by atoms with Crippen LogP contribution in [-0.4, -0.2) is 43.2 Å². The van der Waals surface area contributed by atoms with Crippen molar-refractivity contribution in [1.82, 2.24) is 0 Å². The number of hydrogen-bond donors (Lipinski definition) is 1. The maximum absolute atomic E-state index is 12.1. The van der Waals surface area contributed by atoms with Gasteiger partial charge >= 0.3 is 17.7 Å². The van der Waals surface area contributed by atoms with E-state index in [-0.39, 0.29) is 12.5 Å². The number of carbonyl (C=O) groups is 2. The third kappa shape index (κ3) is 1.89. The monoisotopic (exact) mass is 258 g/mol. The van der Waals surface area contributed by atoms with Crippen molar-refractivity contribution in [1.29, 1.82) is 0 Å². The highest BCUT2D eigenvalue weighted by Crippen LogP contribution is 2.50. The van der Waals surface area contributed by atoms with Gasteiger partial charge < -0.3 is 19.3 Å². The second kappa shape index (κ2) is 4.51. The minimum absolute atomic E-state index is 0.161. The van der Waals surface area contributed by atoms with Crippen molar-refractivity contribution in [3.05, 3.63) is 0 Å². The van der Waals surface area contributed by atoms with E-state index in [1.54, 1.807) is 0 Å². The number of aliphatic hydroxyl groups is 1. The molecule has 2 rings (SSSR count). The first kappa shape index (κ1) is 13.3. The molecule has 0 amide bonds. The largest absolute Gasteiger partial charge is 0.464 e. The number of rotatable bonds is 2. The van der Waals surface area contributed by atoms with E-state index in [1.165, 1.54) is 14.2 Å². The molecule has 1 aliphatic carbocycles. The summed E-state index contributed by atoms with van der Waals surface area (Å²) in [5.74, 6) is -2.74. The summed E-state index contributed by atoms with van der Waals surface area (Å²) in [4.78, 5) is 23.8. The SMILES string of the molecule is COC(=O)C1(OC)CC2(CCC(O)CC2)C(=O)O1. The van der Waals surface area contributed by atoms with Crippen LogP contribution in [0, 0.1) is 5.41 Å². The Bertz CT molecular complexity index is 358. The lowest BCUT2D eigenvalue weighted by Crippen LogP contribution is -2.42. The molecule has 1 N–H and O–H groups in total. The maximum Gasteiger partial charge on any atom is 0.379 e. The van der Waals surface area contributed by atoms with Crippen LogP contribution in [0.25, 0.3) is 0 Å². The van der Waals surface area contributed by atoms with E-state index in [0.29, 0.717) is 25.7 Å². The van der Waals surface area contributed by atoms with Crippen molar-refractivity contribution in [3.63, 3.8) is 0 Å². The predicted molar refractivity (Wildman–Crippen MR) is 59.4 cm³/mol. The van der Waals surface area contributed by atoms with Gasteiger partial charge in [-0.3, -0.25) is 4.79 Å². The first-order chi connectivity index (χ1) is 8.48. The molecule has 18 heavy (non-hydrogen) atoms. The highest BCUT2D eigenvalue weighted by Gasteiger charge is 2.62. The zero-order valence-corrected chi connectivity index (χ0v) is 10.6. The third-order valence-electron chi connectivity index (χ3n) is 4.00. The molecule has 0 aromatic heterocycles. The van der Waals surface area contributed by atoms with Crippen molar-refractivity contribution in [2.75, 3.05) is 14.2 Å². The molecule has 0 aromatic rings. The quantitative estimate of drug-likeness (QED) is 0.721. The maximum atomic E-state index is 12.1. The van der Waals surface area contributed by atoms with E-state index in [2.05, 4.69) is 4.74 Å². The second-order valence-corrected chi connectivity index (χ2v) is 5.03. The van der Waals surface area contributed by atoms with Gasteiger partial charge in [-0.05, 0) is 25.7 Å². The molecule has 1 atom stereocenters. The summed E-state index contributed by atoms with van der Waals surface area (Å²) in [5.41, 5.74) is -0.719. The van der Waals surface area contributed by atoms with Crippen LogP contribution in [0.4, 0.5) is 0 Å². The number of esters is 2. The molecule has 1 aliphatic heterocycles. The second-order valence-electron chi connectivity index (χ2n) is 5.03. The standard InChI is InChI=1S/C12H18O6/c1-16-10(15)12(17-2)7-11(9(14)18-12)5-3-8(13)4-6-11/h8,13H,3-7H2,1-2H3. The molecule has 0 aromatic carbocycles. The number of carbonyl (C=O) groups excluding carboxylic acids is 2. The smallest absolute Gasteiger partial charge is 0.379 e. The predicted octanol–water partition coefficient (Wildman–Crippen LogP) is 0.370. The van der Waals surface area contributed by atoms with E-state index in [0.717, 1.165) is 0 Å². The Morgan fingerprint density at radius 1 is 1.39 bits per heavy atom. The molecule has 2 aliphatic rings. The van der Waals surface area contributed by atoms with Gasteiger partial charge in [-0.2, -0.15) is 0 Å². The zero-order valence-electron chi connectivity index (χ0n) is 10.6. The number of hydrogen-bond acceptors (Lipinski definition) is 6. The van der Waals surface area contributed by atoms with Gasteiger partial charge in [0.15, 0.2) is 0 Å². The molecule has 2 fully saturated rings. The summed E-state index contributed by atoms with van der Waals surface area (Å²) in [6, 6.07) is 0. The first-order valence-electron chi connectivity index (χ1n) is 6.03. The van der Waals surface area contributed by atoms with Gasteiger partial charge in [0.2, 0.25) is 0 Å². The molecule has 0 bridgehead atoms. The average molecular weight is 258 g/mol.